The van der Waals surface area contributed by atoms with E-state index < -0.39 is 86.8 Å². The molecule has 2 aliphatic rings. The first kappa shape index (κ1) is 62.8. The SMILES string of the molecule is CCCCCCCCCCCCCCC/C=C/[C@@H](O)[C@H](CO[C@@H]1O[C@H](CO)[C@@H](O[C@@H]2O[C@H](CO)[C@H](O)C(O)C2O)C(O)C1O)NC(=O)CCCCCCCCCCCCCCCCCCCCC. The van der Waals surface area contributed by atoms with Crippen LogP contribution >= 0.6 is 0 Å². The van der Waals surface area contributed by atoms with Gasteiger partial charge in [-0.25, -0.2) is 0 Å². The second-order valence-corrected chi connectivity index (χ2v) is 20.1. The van der Waals surface area contributed by atoms with Crippen LogP contribution in [0, 0.1) is 0 Å². The molecule has 0 saturated carbocycles. The maximum absolute atomic E-state index is 13.2. The molecule has 2 rings (SSSR count). The Balaban J connectivity index is 1.80. The van der Waals surface area contributed by atoms with Crippen molar-refractivity contribution in [2.45, 2.75) is 306 Å². The maximum atomic E-state index is 13.2. The fourth-order valence-electron chi connectivity index (χ4n) is 9.41. The van der Waals surface area contributed by atoms with E-state index in [1.54, 1.807) is 6.08 Å². The molecule has 402 valence electrons. The lowest BCUT2D eigenvalue weighted by molar-refractivity contribution is -0.359. The minimum absolute atomic E-state index is 0.235. The first-order valence-electron chi connectivity index (χ1n) is 27.9. The Morgan fingerprint density at radius 2 is 0.912 bits per heavy atom. The van der Waals surface area contributed by atoms with Crippen molar-refractivity contribution in [1.82, 2.24) is 5.32 Å². The van der Waals surface area contributed by atoms with Gasteiger partial charge < -0.3 is 65.1 Å². The Morgan fingerprint density at radius 1 is 0.515 bits per heavy atom. The fraction of sp³-hybridized carbons (Fsp3) is 0.944. The summed E-state index contributed by atoms with van der Waals surface area (Å²) < 4.78 is 22.7. The highest BCUT2D eigenvalue weighted by molar-refractivity contribution is 5.76. The van der Waals surface area contributed by atoms with E-state index in [0.29, 0.717) is 6.42 Å². The average Bonchev–Trinajstić information content (AvgIpc) is 3.34. The maximum Gasteiger partial charge on any atom is 0.220 e. The van der Waals surface area contributed by atoms with Gasteiger partial charge in [-0.2, -0.15) is 0 Å². The average molecular weight is 974 g/mol. The quantitative estimate of drug-likeness (QED) is 0.0207. The highest BCUT2D eigenvalue weighted by atomic mass is 16.7. The summed E-state index contributed by atoms with van der Waals surface area (Å²) in [6, 6.07) is -0.908. The van der Waals surface area contributed by atoms with Gasteiger partial charge in [-0.05, 0) is 19.3 Å². The van der Waals surface area contributed by atoms with Crippen molar-refractivity contribution in [1.29, 1.82) is 0 Å². The van der Waals surface area contributed by atoms with Gasteiger partial charge in [0.25, 0.3) is 0 Å². The van der Waals surface area contributed by atoms with Crippen LogP contribution in [0.3, 0.4) is 0 Å². The molecular formula is C54H103NO13. The predicted molar refractivity (Wildman–Crippen MR) is 268 cm³/mol. The molecule has 1 amide bonds. The number of unbranched alkanes of at least 4 members (excludes halogenated alkanes) is 31. The molecule has 2 fully saturated rings. The molecule has 0 spiro atoms. The van der Waals surface area contributed by atoms with Crippen molar-refractivity contribution in [3.8, 4) is 0 Å². The lowest BCUT2D eigenvalue weighted by Gasteiger charge is -2.46. The van der Waals surface area contributed by atoms with Gasteiger partial charge in [-0.3, -0.25) is 4.79 Å². The van der Waals surface area contributed by atoms with Crippen LogP contribution in [0.1, 0.15) is 232 Å². The number of hydrogen-bond acceptors (Lipinski definition) is 13. The van der Waals surface area contributed by atoms with Gasteiger partial charge in [0.15, 0.2) is 12.6 Å². The van der Waals surface area contributed by atoms with Crippen LogP contribution in [-0.2, 0) is 23.7 Å². The molecule has 9 N–H and O–H groups in total. The van der Waals surface area contributed by atoms with Crippen LogP contribution in [0.15, 0.2) is 12.2 Å². The highest BCUT2D eigenvalue weighted by Crippen LogP contribution is 2.30. The number of nitrogens with one attached hydrogen (secondary N) is 1. The molecule has 14 nitrogen and oxygen atoms in total. The third kappa shape index (κ3) is 27.5. The summed E-state index contributed by atoms with van der Waals surface area (Å²) in [6.07, 6.45) is 28.1. The molecule has 0 radical (unpaired) electrons. The largest absolute Gasteiger partial charge is 0.394 e. The fourth-order valence-corrected chi connectivity index (χ4v) is 9.41. The van der Waals surface area contributed by atoms with Gasteiger partial charge in [0.1, 0.15) is 48.8 Å². The Labute approximate surface area is 412 Å². The smallest absolute Gasteiger partial charge is 0.220 e. The van der Waals surface area contributed by atoms with E-state index in [-0.39, 0.29) is 18.9 Å². The summed E-state index contributed by atoms with van der Waals surface area (Å²) >= 11 is 0. The molecule has 4 unspecified atom stereocenters. The van der Waals surface area contributed by atoms with Gasteiger partial charge in [0.05, 0.1) is 32.0 Å². The van der Waals surface area contributed by atoms with E-state index >= 15 is 0 Å². The van der Waals surface area contributed by atoms with E-state index in [2.05, 4.69) is 19.2 Å². The zero-order chi connectivity index (χ0) is 49.6. The second kappa shape index (κ2) is 41.2. The lowest BCUT2D eigenvalue weighted by atomic mass is 9.97. The minimum Gasteiger partial charge on any atom is -0.394 e. The normalized spacial score (nSPS) is 26.4. The first-order valence-corrected chi connectivity index (χ1v) is 27.9. The van der Waals surface area contributed by atoms with E-state index in [0.717, 1.165) is 38.5 Å². The third-order valence-corrected chi connectivity index (χ3v) is 14.0. The summed E-state index contributed by atoms with van der Waals surface area (Å²) in [6.45, 7) is 2.81. The Kier molecular flexibility index (Phi) is 38.1. The van der Waals surface area contributed by atoms with E-state index in [4.69, 9.17) is 18.9 Å². The first-order chi connectivity index (χ1) is 33.1. The number of amides is 1. The molecule has 12 atom stereocenters. The van der Waals surface area contributed by atoms with Crippen molar-refractivity contribution >= 4 is 5.91 Å². The van der Waals surface area contributed by atoms with Gasteiger partial charge in [-0.1, -0.05) is 219 Å². The standard InChI is InChI=1S/C54H103NO13/c1-3-5-7-9-11-13-15-17-19-20-21-22-24-26-28-30-32-34-36-38-46(59)55-42(43(58)37-35-33-31-29-27-25-23-18-16-14-12-10-8-6-4-2)41-65-53-51(64)49(62)52(45(40-57)67-53)68-54-50(63)48(61)47(60)44(39-56)66-54/h35,37,42-45,47-54,56-58,60-64H,3-34,36,38-41H2,1-2H3,(H,55,59)/b37-35+/t42-,43+,44+,45+,47-,48?,49?,50?,51?,52+,53+,54-/m0/s1. The number of allylic oxidation sites excluding steroid dienone is 1. The van der Waals surface area contributed by atoms with Crippen LogP contribution in [0.25, 0.3) is 0 Å². The van der Waals surface area contributed by atoms with Crippen LogP contribution < -0.4 is 5.32 Å². The van der Waals surface area contributed by atoms with Crippen molar-refractivity contribution in [2.75, 3.05) is 19.8 Å². The van der Waals surface area contributed by atoms with Crippen molar-refractivity contribution in [3.05, 3.63) is 12.2 Å². The van der Waals surface area contributed by atoms with Crippen LogP contribution in [0.4, 0.5) is 0 Å². The highest BCUT2D eigenvalue weighted by Gasteiger charge is 2.51. The molecule has 0 aliphatic carbocycles. The monoisotopic (exact) mass is 974 g/mol. The topological polar surface area (TPSA) is 228 Å². The summed E-state index contributed by atoms with van der Waals surface area (Å²) in [5.41, 5.74) is 0. The number of aliphatic hydroxyl groups excluding tert-OH is 8. The minimum atomic E-state index is -1.78. The summed E-state index contributed by atoms with van der Waals surface area (Å²) in [5, 5.41) is 86.9. The van der Waals surface area contributed by atoms with Crippen molar-refractivity contribution in [3.63, 3.8) is 0 Å². The number of hydrogen-bond donors (Lipinski definition) is 9. The summed E-state index contributed by atoms with van der Waals surface area (Å²) in [5.74, 6) is -0.235. The van der Waals surface area contributed by atoms with Gasteiger partial charge in [0, 0.05) is 6.42 Å². The molecule has 0 bridgehead atoms. The van der Waals surface area contributed by atoms with E-state index in [1.807, 2.05) is 6.08 Å². The lowest BCUT2D eigenvalue weighted by Crippen LogP contribution is -2.65. The van der Waals surface area contributed by atoms with Crippen molar-refractivity contribution in [2.24, 2.45) is 0 Å². The molecule has 14 heteroatoms. The number of carbonyl (C=O) groups is 1. The number of ether oxygens (including phenoxy) is 4. The number of carbonyl (C=O) groups excluding carboxylic acids is 1. The van der Waals surface area contributed by atoms with Crippen LogP contribution in [0.5, 0.6) is 0 Å². The van der Waals surface area contributed by atoms with E-state index in [1.165, 1.54) is 167 Å². The Bertz CT molecular complexity index is 1200. The van der Waals surface area contributed by atoms with Crippen LogP contribution in [-0.4, -0.2) is 140 Å². The van der Waals surface area contributed by atoms with Crippen molar-refractivity contribution < 1.29 is 64.6 Å². The molecule has 2 saturated heterocycles. The second-order valence-electron chi connectivity index (χ2n) is 20.1. The number of rotatable bonds is 44. The van der Waals surface area contributed by atoms with Gasteiger partial charge in [-0.15, -0.1) is 0 Å². The number of aliphatic hydroxyl groups is 8. The van der Waals surface area contributed by atoms with E-state index in [9.17, 15) is 45.6 Å². The van der Waals surface area contributed by atoms with Gasteiger partial charge in [0.2, 0.25) is 5.91 Å². The molecule has 68 heavy (non-hydrogen) atoms. The summed E-state index contributed by atoms with van der Waals surface area (Å²) in [7, 11) is 0. The molecule has 2 heterocycles. The molecular weight excluding hydrogens is 871 g/mol. The Hall–Kier alpha value is -1.27. The van der Waals surface area contributed by atoms with Crippen LogP contribution in [0.2, 0.25) is 0 Å². The molecule has 2 aliphatic heterocycles. The molecule has 0 aromatic heterocycles. The third-order valence-electron chi connectivity index (χ3n) is 14.0. The predicted octanol–water partition coefficient (Wildman–Crippen LogP) is 8.33. The zero-order valence-electron chi connectivity index (χ0n) is 42.9. The zero-order valence-corrected chi connectivity index (χ0v) is 42.9. The summed E-state index contributed by atoms with van der Waals surface area (Å²) in [4.78, 5) is 13.2. The molecule has 0 aromatic rings. The Morgan fingerprint density at radius 3 is 1.35 bits per heavy atom. The molecule has 0 aromatic carbocycles. The van der Waals surface area contributed by atoms with Gasteiger partial charge >= 0.3 is 0 Å².